The van der Waals surface area contributed by atoms with Gasteiger partial charge < -0.3 is 11.1 Å². The summed E-state index contributed by atoms with van der Waals surface area (Å²) in [5.41, 5.74) is 5.72. The second-order valence-corrected chi connectivity index (χ2v) is 7.96. The van der Waals surface area contributed by atoms with Crippen LogP contribution in [0, 0.1) is 11.8 Å². The molecule has 0 aromatic rings. The number of hydrogen-bond acceptors (Lipinski definition) is 3. The second kappa shape index (κ2) is 10.8. The van der Waals surface area contributed by atoms with Gasteiger partial charge >= 0.3 is 0 Å². The van der Waals surface area contributed by atoms with Crippen LogP contribution in [0.1, 0.15) is 65.7 Å². The highest BCUT2D eigenvalue weighted by Crippen LogP contribution is 2.26. The van der Waals surface area contributed by atoms with Gasteiger partial charge in [0.25, 0.3) is 0 Å². The average molecular weight is 382 g/mol. The quantitative estimate of drug-likeness (QED) is 0.767. The highest BCUT2D eigenvalue weighted by Gasteiger charge is 2.36. The van der Waals surface area contributed by atoms with Crippen molar-refractivity contribution in [1.29, 1.82) is 0 Å². The van der Waals surface area contributed by atoms with Gasteiger partial charge in [-0.15, -0.1) is 24.8 Å². The molecule has 0 radical (unpaired) electrons. The average Bonchev–Trinajstić information content (AvgIpc) is 2.49. The first-order valence-corrected chi connectivity index (χ1v) is 9.23. The van der Waals surface area contributed by atoms with Gasteiger partial charge in [-0.3, -0.25) is 9.69 Å². The number of carbonyl (C=O) groups is 1. The number of halogens is 2. The molecule has 0 aromatic carbocycles. The van der Waals surface area contributed by atoms with Gasteiger partial charge in [-0.25, -0.2) is 0 Å². The van der Waals surface area contributed by atoms with Crippen LogP contribution in [0.3, 0.4) is 0 Å². The van der Waals surface area contributed by atoms with Gasteiger partial charge in [-0.2, -0.15) is 0 Å². The lowest BCUT2D eigenvalue weighted by Gasteiger charge is -2.40. The lowest BCUT2D eigenvalue weighted by Crippen LogP contribution is -2.58. The molecule has 0 aromatic heterocycles. The van der Waals surface area contributed by atoms with Crippen LogP contribution in [0.25, 0.3) is 0 Å². The molecular weight excluding hydrogens is 345 g/mol. The number of nitrogens with two attached hydrogens (primary N) is 1. The Balaban J connectivity index is 0.00000264. The van der Waals surface area contributed by atoms with Crippen LogP contribution in [0.2, 0.25) is 0 Å². The third-order valence-corrected chi connectivity index (χ3v) is 5.73. The van der Waals surface area contributed by atoms with Crippen LogP contribution in [-0.4, -0.2) is 42.0 Å². The fourth-order valence-electron chi connectivity index (χ4n) is 3.93. The van der Waals surface area contributed by atoms with Crippen molar-refractivity contribution in [3.8, 4) is 0 Å². The van der Waals surface area contributed by atoms with Crippen molar-refractivity contribution >= 4 is 30.7 Å². The monoisotopic (exact) mass is 381 g/mol. The first-order valence-electron chi connectivity index (χ1n) is 9.23. The molecule has 6 heteroatoms. The molecule has 1 aliphatic heterocycles. The van der Waals surface area contributed by atoms with E-state index in [1.165, 1.54) is 19.3 Å². The zero-order chi connectivity index (χ0) is 16.2. The molecule has 2 aliphatic rings. The van der Waals surface area contributed by atoms with Crippen molar-refractivity contribution in [2.45, 2.75) is 77.3 Å². The van der Waals surface area contributed by atoms with Crippen LogP contribution in [0.15, 0.2) is 0 Å². The number of likely N-dealkylation sites (tertiary alicyclic amines) is 1. The summed E-state index contributed by atoms with van der Waals surface area (Å²) in [5, 5.41) is 3.18. The Morgan fingerprint density at radius 3 is 2.21 bits per heavy atom. The molecule has 144 valence electrons. The predicted molar refractivity (Wildman–Crippen MR) is 106 cm³/mol. The highest BCUT2D eigenvalue weighted by molar-refractivity contribution is 5.86. The lowest BCUT2D eigenvalue weighted by atomic mass is 9.82. The van der Waals surface area contributed by atoms with Gasteiger partial charge in [0.15, 0.2) is 0 Å². The molecule has 24 heavy (non-hydrogen) atoms. The van der Waals surface area contributed by atoms with Crippen molar-refractivity contribution in [2.24, 2.45) is 17.6 Å². The van der Waals surface area contributed by atoms with Gasteiger partial charge in [0.05, 0.1) is 5.54 Å². The molecule has 1 saturated carbocycles. The molecule has 0 bridgehead atoms. The highest BCUT2D eigenvalue weighted by atomic mass is 35.5. The van der Waals surface area contributed by atoms with E-state index in [0.29, 0.717) is 12.0 Å². The minimum absolute atomic E-state index is 0. The third-order valence-electron chi connectivity index (χ3n) is 5.73. The minimum atomic E-state index is -0.615. The van der Waals surface area contributed by atoms with Crippen molar-refractivity contribution in [1.82, 2.24) is 10.2 Å². The largest absolute Gasteiger partial charge is 0.353 e. The maximum atomic E-state index is 12.5. The second-order valence-electron chi connectivity index (χ2n) is 7.96. The maximum absolute atomic E-state index is 12.5. The van der Waals surface area contributed by atoms with Crippen LogP contribution in [-0.2, 0) is 4.79 Å². The summed E-state index contributed by atoms with van der Waals surface area (Å²) in [6.07, 6.45) is 7.62. The summed E-state index contributed by atoms with van der Waals surface area (Å²) in [7, 11) is 0. The van der Waals surface area contributed by atoms with Crippen molar-refractivity contribution in [2.75, 3.05) is 19.6 Å². The molecule has 1 saturated heterocycles. The summed E-state index contributed by atoms with van der Waals surface area (Å²) in [6.45, 7) is 9.91. The molecule has 3 N–H and O–H groups in total. The van der Waals surface area contributed by atoms with E-state index in [1.807, 2.05) is 0 Å². The molecule has 1 atom stereocenters. The molecule has 2 fully saturated rings. The molecular formula is C18H37Cl2N3O. The van der Waals surface area contributed by atoms with Gasteiger partial charge in [0.1, 0.15) is 0 Å². The van der Waals surface area contributed by atoms with E-state index < -0.39 is 5.54 Å². The fraction of sp³-hybridized carbons (Fsp3) is 0.944. The van der Waals surface area contributed by atoms with Crippen LogP contribution in [0.4, 0.5) is 0 Å². The first-order chi connectivity index (χ1) is 10.4. The zero-order valence-electron chi connectivity index (χ0n) is 15.6. The number of carbonyl (C=O) groups excluding carboxylic acids is 1. The molecule has 0 spiro atoms. The van der Waals surface area contributed by atoms with Crippen molar-refractivity contribution in [3.05, 3.63) is 0 Å². The molecule has 1 amide bonds. The van der Waals surface area contributed by atoms with E-state index in [4.69, 9.17) is 5.73 Å². The van der Waals surface area contributed by atoms with E-state index in [1.54, 1.807) is 0 Å². The SMILES string of the molecule is CC1CCN(C(CNC(=O)C2(N)CCCCC2)C(C)C)CC1.Cl.Cl. The van der Waals surface area contributed by atoms with Crippen molar-refractivity contribution < 1.29 is 4.79 Å². The zero-order valence-corrected chi connectivity index (χ0v) is 17.2. The topological polar surface area (TPSA) is 58.4 Å². The summed E-state index contributed by atoms with van der Waals surface area (Å²) < 4.78 is 0. The van der Waals surface area contributed by atoms with Gasteiger partial charge in [-0.05, 0) is 50.6 Å². The smallest absolute Gasteiger partial charge is 0.240 e. The lowest BCUT2D eigenvalue weighted by molar-refractivity contribution is -0.127. The Hall–Kier alpha value is -0.0300. The Kier molecular flexibility index (Phi) is 10.8. The van der Waals surface area contributed by atoms with Crippen molar-refractivity contribution in [3.63, 3.8) is 0 Å². The summed E-state index contributed by atoms with van der Waals surface area (Å²) in [6, 6.07) is 0.434. The minimum Gasteiger partial charge on any atom is -0.353 e. The number of nitrogens with one attached hydrogen (secondary N) is 1. The molecule has 4 nitrogen and oxygen atoms in total. The maximum Gasteiger partial charge on any atom is 0.240 e. The van der Waals surface area contributed by atoms with E-state index in [0.717, 1.165) is 51.2 Å². The van der Waals surface area contributed by atoms with Gasteiger partial charge in [0, 0.05) is 12.6 Å². The fourth-order valence-corrected chi connectivity index (χ4v) is 3.93. The Labute approximate surface area is 160 Å². The normalized spacial score (nSPS) is 23.0. The Bertz CT molecular complexity index is 365. The van der Waals surface area contributed by atoms with E-state index >= 15 is 0 Å². The van der Waals surface area contributed by atoms with E-state index in [2.05, 4.69) is 31.0 Å². The molecule has 1 unspecified atom stereocenters. The number of nitrogens with zero attached hydrogens (tertiary/aromatic N) is 1. The van der Waals surface area contributed by atoms with Crippen LogP contribution in [0.5, 0.6) is 0 Å². The number of piperidine rings is 1. The summed E-state index contributed by atoms with van der Waals surface area (Å²) >= 11 is 0. The summed E-state index contributed by atoms with van der Waals surface area (Å²) in [5.74, 6) is 1.46. The molecule has 1 heterocycles. The Morgan fingerprint density at radius 2 is 1.71 bits per heavy atom. The number of hydrogen-bond donors (Lipinski definition) is 2. The number of rotatable bonds is 5. The number of amides is 1. The third kappa shape index (κ3) is 6.36. The van der Waals surface area contributed by atoms with E-state index in [9.17, 15) is 4.79 Å². The van der Waals surface area contributed by atoms with Gasteiger partial charge in [0.2, 0.25) is 5.91 Å². The standard InChI is InChI=1S/C18H35N3O.2ClH/c1-14(2)16(21-11-7-15(3)8-12-21)13-20-17(22)18(19)9-5-4-6-10-18;;/h14-16H,4-13,19H2,1-3H3,(H,20,22);2*1H. The van der Waals surface area contributed by atoms with Crippen LogP contribution < -0.4 is 11.1 Å². The van der Waals surface area contributed by atoms with Gasteiger partial charge in [-0.1, -0.05) is 40.0 Å². The summed E-state index contributed by atoms with van der Waals surface area (Å²) in [4.78, 5) is 15.1. The predicted octanol–water partition coefficient (Wildman–Crippen LogP) is 3.36. The Morgan fingerprint density at radius 1 is 1.17 bits per heavy atom. The first kappa shape index (κ1) is 24.0. The van der Waals surface area contributed by atoms with E-state index in [-0.39, 0.29) is 30.7 Å². The molecule has 1 aliphatic carbocycles. The molecule has 2 rings (SSSR count). The van der Waals surface area contributed by atoms with Crippen LogP contribution >= 0.6 is 24.8 Å².